The normalized spacial score (nSPS) is 13.7. The van der Waals surface area contributed by atoms with Gasteiger partial charge in [0, 0.05) is 12.5 Å². The molecule has 0 fully saturated rings. The van der Waals surface area contributed by atoms with Crippen LogP contribution >= 0.6 is 0 Å². The highest BCUT2D eigenvalue weighted by Crippen LogP contribution is 2.23. The lowest BCUT2D eigenvalue weighted by atomic mass is 10.0. The zero-order valence-corrected chi connectivity index (χ0v) is 13.2. The number of rotatable bonds is 13. The standard InChI is InChI=1S/C16H32F3N/c1-3-5-6-7-8-9-10-12-15(20-4-2)13-11-14-16(17,18)19/h15,20H,3-14H2,1-2H3. The molecule has 0 radical (unpaired) electrons. The summed E-state index contributed by atoms with van der Waals surface area (Å²) in [5, 5.41) is 3.31. The lowest BCUT2D eigenvalue weighted by Gasteiger charge is -2.18. The van der Waals surface area contributed by atoms with Gasteiger partial charge in [-0.25, -0.2) is 0 Å². The van der Waals surface area contributed by atoms with Crippen LogP contribution in [0.25, 0.3) is 0 Å². The molecule has 4 heteroatoms. The Kier molecular flexibility index (Phi) is 12.3. The van der Waals surface area contributed by atoms with Crippen molar-refractivity contribution in [2.24, 2.45) is 0 Å². The van der Waals surface area contributed by atoms with Crippen molar-refractivity contribution in [2.45, 2.75) is 96.7 Å². The van der Waals surface area contributed by atoms with Gasteiger partial charge in [-0.3, -0.25) is 0 Å². The smallest absolute Gasteiger partial charge is 0.314 e. The van der Waals surface area contributed by atoms with Crippen molar-refractivity contribution >= 4 is 0 Å². The van der Waals surface area contributed by atoms with E-state index in [4.69, 9.17) is 0 Å². The predicted molar refractivity (Wildman–Crippen MR) is 80.0 cm³/mol. The minimum Gasteiger partial charge on any atom is -0.314 e. The second-order valence-corrected chi connectivity index (χ2v) is 5.67. The minimum atomic E-state index is -4.00. The predicted octanol–water partition coefficient (Wildman–Crippen LogP) is 5.84. The molecule has 0 aliphatic carbocycles. The van der Waals surface area contributed by atoms with Crippen LogP contribution in [-0.4, -0.2) is 18.8 Å². The fourth-order valence-corrected chi connectivity index (χ4v) is 2.53. The van der Waals surface area contributed by atoms with E-state index < -0.39 is 12.6 Å². The molecule has 0 saturated carbocycles. The van der Waals surface area contributed by atoms with E-state index in [0.717, 1.165) is 19.4 Å². The van der Waals surface area contributed by atoms with E-state index in [1.165, 1.54) is 38.5 Å². The minimum absolute atomic E-state index is 0.248. The Morgan fingerprint density at radius 2 is 1.35 bits per heavy atom. The van der Waals surface area contributed by atoms with Crippen molar-refractivity contribution in [3.8, 4) is 0 Å². The summed E-state index contributed by atoms with van der Waals surface area (Å²) < 4.78 is 36.4. The zero-order valence-electron chi connectivity index (χ0n) is 13.2. The molecule has 0 aliphatic rings. The zero-order chi connectivity index (χ0) is 15.3. The lowest BCUT2D eigenvalue weighted by Crippen LogP contribution is -2.29. The molecule has 0 heterocycles. The molecule has 0 aliphatic heterocycles. The summed E-state index contributed by atoms with van der Waals surface area (Å²) in [4.78, 5) is 0. The van der Waals surface area contributed by atoms with Gasteiger partial charge < -0.3 is 5.32 Å². The summed E-state index contributed by atoms with van der Waals surface area (Å²) in [5.74, 6) is 0. The van der Waals surface area contributed by atoms with E-state index >= 15 is 0 Å². The molecule has 0 rings (SSSR count). The first kappa shape index (κ1) is 19.8. The highest BCUT2D eigenvalue weighted by atomic mass is 19.4. The van der Waals surface area contributed by atoms with Gasteiger partial charge in [0.1, 0.15) is 0 Å². The van der Waals surface area contributed by atoms with E-state index in [9.17, 15) is 13.2 Å². The fraction of sp³-hybridized carbons (Fsp3) is 1.00. The number of alkyl halides is 3. The maximum atomic E-state index is 12.1. The van der Waals surface area contributed by atoms with Gasteiger partial charge >= 0.3 is 6.18 Å². The van der Waals surface area contributed by atoms with E-state index in [0.29, 0.717) is 6.42 Å². The summed E-state index contributed by atoms with van der Waals surface area (Å²) in [6, 6.07) is 0.262. The van der Waals surface area contributed by atoms with E-state index in [1.54, 1.807) is 0 Å². The van der Waals surface area contributed by atoms with Gasteiger partial charge in [-0.05, 0) is 25.8 Å². The third kappa shape index (κ3) is 14.2. The number of halogens is 3. The van der Waals surface area contributed by atoms with Crippen LogP contribution < -0.4 is 5.32 Å². The van der Waals surface area contributed by atoms with Gasteiger partial charge in [-0.15, -0.1) is 0 Å². The summed E-state index contributed by atoms with van der Waals surface area (Å²) >= 11 is 0. The van der Waals surface area contributed by atoms with Crippen LogP contribution in [0.4, 0.5) is 13.2 Å². The van der Waals surface area contributed by atoms with E-state index in [1.807, 2.05) is 6.92 Å². The summed E-state index contributed by atoms with van der Waals surface area (Å²) in [7, 11) is 0. The lowest BCUT2D eigenvalue weighted by molar-refractivity contribution is -0.135. The highest BCUT2D eigenvalue weighted by molar-refractivity contribution is 4.67. The molecule has 0 aromatic rings. The number of hydrogen-bond acceptors (Lipinski definition) is 1. The Balaban J connectivity index is 3.59. The van der Waals surface area contributed by atoms with Crippen molar-refractivity contribution in [2.75, 3.05) is 6.54 Å². The van der Waals surface area contributed by atoms with Crippen LogP contribution in [0.3, 0.4) is 0 Å². The molecule has 1 atom stereocenters. The maximum Gasteiger partial charge on any atom is 0.389 e. The average molecular weight is 295 g/mol. The van der Waals surface area contributed by atoms with Crippen LogP contribution in [0.1, 0.15) is 84.5 Å². The molecule has 1 nitrogen and oxygen atoms in total. The van der Waals surface area contributed by atoms with Gasteiger partial charge in [-0.2, -0.15) is 13.2 Å². The molecular formula is C16H32F3N. The van der Waals surface area contributed by atoms with Crippen molar-refractivity contribution in [3.05, 3.63) is 0 Å². The average Bonchev–Trinajstić information content (AvgIpc) is 2.36. The number of hydrogen-bond donors (Lipinski definition) is 1. The second-order valence-electron chi connectivity index (χ2n) is 5.67. The van der Waals surface area contributed by atoms with Crippen LogP contribution in [0.2, 0.25) is 0 Å². The Labute approximate surface area is 122 Å². The van der Waals surface area contributed by atoms with Gasteiger partial charge in [0.2, 0.25) is 0 Å². The number of nitrogens with one attached hydrogen (secondary N) is 1. The Morgan fingerprint density at radius 1 is 0.800 bits per heavy atom. The Hall–Kier alpha value is -0.250. The molecule has 1 N–H and O–H groups in total. The summed E-state index contributed by atoms with van der Waals surface area (Å²) in [6.45, 7) is 5.07. The Bertz CT molecular complexity index is 204. The molecule has 1 unspecified atom stereocenters. The quantitative estimate of drug-likeness (QED) is 0.421. The van der Waals surface area contributed by atoms with Crippen molar-refractivity contribution in [3.63, 3.8) is 0 Å². The highest BCUT2D eigenvalue weighted by Gasteiger charge is 2.26. The summed E-state index contributed by atoms with van der Waals surface area (Å²) in [6.07, 6.45) is 6.07. The molecule has 0 spiro atoms. The molecular weight excluding hydrogens is 263 g/mol. The van der Waals surface area contributed by atoms with Crippen molar-refractivity contribution < 1.29 is 13.2 Å². The van der Waals surface area contributed by atoms with Crippen molar-refractivity contribution in [1.29, 1.82) is 0 Å². The van der Waals surface area contributed by atoms with Crippen LogP contribution in [0, 0.1) is 0 Å². The van der Waals surface area contributed by atoms with Gasteiger partial charge in [-0.1, -0.05) is 58.8 Å². The first-order chi connectivity index (χ1) is 9.49. The van der Waals surface area contributed by atoms with Gasteiger partial charge in [0.25, 0.3) is 0 Å². The topological polar surface area (TPSA) is 12.0 Å². The monoisotopic (exact) mass is 295 g/mol. The Morgan fingerprint density at radius 3 is 1.90 bits per heavy atom. The molecule has 122 valence electrons. The maximum absolute atomic E-state index is 12.1. The van der Waals surface area contributed by atoms with E-state index in [2.05, 4.69) is 12.2 Å². The molecule has 20 heavy (non-hydrogen) atoms. The first-order valence-corrected chi connectivity index (χ1v) is 8.29. The fourth-order valence-electron chi connectivity index (χ4n) is 2.53. The van der Waals surface area contributed by atoms with Crippen molar-refractivity contribution in [1.82, 2.24) is 5.32 Å². The molecule has 0 bridgehead atoms. The number of unbranched alkanes of at least 4 members (excludes halogenated alkanes) is 6. The van der Waals surface area contributed by atoms with Crippen LogP contribution in [0.5, 0.6) is 0 Å². The SMILES string of the molecule is CCCCCCCCCC(CCCC(F)(F)F)NCC. The molecule has 0 aromatic heterocycles. The third-order valence-corrected chi connectivity index (χ3v) is 3.66. The van der Waals surface area contributed by atoms with Crippen LogP contribution in [-0.2, 0) is 0 Å². The first-order valence-electron chi connectivity index (χ1n) is 8.29. The largest absolute Gasteiger partial charge is 0.389 e. The van der Waals surface area contributed by atoms with E-state index in [-0.39, 0.29) is 12.5 Å². The second kappa shape index (κ2) is 12.5. The summed E-state index contributed by atoms with van der Waals surface area (Å²) in [5.41, 5.74) is 0. The van der Waals surface area contributed by atoms with Crippen LogP contribution in [0.15, 0.2) is 0 Å². The third-order valence-electron chi connectivity index (χ3n) is 3.66. The molecule has 0 saturated heterocycles. The van der Waals surface area contributed by atoms with Gasteiger partial charge in [0.05, 0.1) is 0 Å². The molecule has 0 aromatic carbocycles. The van der Waals surface area contributed by atoms with Gasteiger partial charge in [0.15, 0.2) is 0 Å². The molecule has 0 amide bonds.